The summed E-state index contributed by atoms with van der Waals surface area (Å²) in [6, 6.07) is 9.27. The van der Waals surface area contributed by atoms with Gasteiger partial charge in [-0.15, -0.1) is 0 Å². The molecule has 2 aliphatic rings. The summed E-state index contributed by atoms with van der Waals surface area (Å²) in [5.41, 5.74) is 1.17. The molecule has 2 heterocycles. The van der Waals surface area contributed by atoms with E-state index in [-0.39, 0.29) is 0 Å². The zero-order valence-corrected chi connectivity index (χ0v) is 17.1. The lowest BCUT2D eigenvalue weighted by Gasteiger charge is -2.35. The highest BCUT2D eigenvalue weighted by atomic mass is 16.5. The molecule has 0 amide bonds. The minimum Gasteiger partial charge on any atom is -0.495 e. The van der Waals surface area contributed by atoms with Crippen molar-refractivity contribution in [3.05, 3.63) is 24.3 Å². The van der Waals surface area contributed by atoms with Crippen LogP contribution in [0.2, 0.25) is 0 Å². The maximum absolute atomic E-state index is 5.52. The van der Waals surface area contributed by atoms with Crippen LogP contribution in [0.1, 0.15) is 32.6 Å². The first kappa shape index (κ1) is 19.8. The molecule has 6 nitrogen and oxygen atoms in total. The summed E-state index contributed by atoms with van der Waals surface area (Å²) in [6.45, 7) is 7.58. The van der Waals surface area contributed by atoms with Crippen molar-refractivity contribution in [2.24, 2.45) is 4.99 Å². The molecule has 1 aromatic rings. The van der Waals surface area contributed by atoms with Crippen LogP contribution in [0.5, 0.6) is 5.75 Å². The van der Waals surface area contributed by atoms with Crippen molar-refractivity contribution in [3.8, 4) is 5.75 Å². The molecular formula is C21H35N5O. The molecule has 0 aliphatic carbocycles. The lowest BCUT2D eigenvalue weighted by Crippen LogP contribution is -2.51. The third kappa shape index (κ3) is 5.06. The molecule has 0 saturated carbocycles. The number of guanidine groups is 1. The van der Waals surface area contributed by atoms with Crippen molar-refractivity contribution >= 4 is 11.6 Å². The number of para-hydroxylation sites is 2. The van der Waals surface area contributed by atoms with E-state index in [9.17, 15) is 0 Å². The van der Waals surface area contributed by atoms with Crippen LogP contribution < -0.4 is 20.3 Å². The summed E-state index contributed by atoms with van der Waals surface area (Å²) in [5, 5.41) is 7.17. The monoisotopic (exact) mass is 373 g/mol. The van der Waals surface area contributed by atoms with Crippen LogP contribution in [-0.2, 0) is 0 Å². The summed E-state index contributed by atoms with van der Waals surface area (Å²) in [5.74, 6) is 1.86. The Balaban J connectivity index is 1.50. The van der Waals surface area contributed by atoms with Crippen molar-refractivity contribution in [1.29, 1.82) is 0 Å². The molecule has 0 bridgehead atoms. The third-order valence-corrected chi connectivity index (χ3v) is 5.84. The molecule has 27 heavy (non-hydrogen) atoms. The highest BCUT2D eigenvalue weighted by Crippen LogP contribution is 2.30. The normalized spacial score (nSPS) is 24.1. The van der Waals surface area contributed by atoms with Gasteiger partial charge in [-0.05, 0) is 44.5 Å². The Labute approximate surface area is 164 Å². The fourth-order valence-corrected chi connectivity index (χ4v) is 4.30. The average molecular weight is 374 g/mol. The molecule has 2 aliphatic heterocycles. The molecule has 6 heteroatoms. The van der Waals surface area contributed by atoms with Gasteiger partial charge in [0.05, 0.1) is 12.8 Å². The van der Waals surface area contributed by atoms with Gasteiger partial charge in [-0.3, -0.25) is 9.89 Å². The van der Waals surface area contributed by atoms with Crippen molar-refractivity contribution < 1.29 is 4.74 Å². The van der Waals surface area contributed by atoms with Crippen LogP contribution in [-0.4, -0.2) is 69.8 Å². The number of anilines is 1. The van der Waals surface area contributed by atoms with Gasteiger partial charge < -0.3 is 20.3 Å². The lowest BCUT2D eigenvalue weighted by atomic mass is 10.0. The second-order valence-electron chi connectivity index (χ2n) is 7.48. The Hall–Kier alpha value is -1.95. The van der Waals surface area contributed by atoms with Gasteiger partial charge in [0.15, 0.2) is 5.96 Å². The number of likely N-dealkylation sites (tertiary alicyclic amines) is 1. The number of rotatable bonds is 6. The van der Waals surface area contributed by atoms with Gasteiger partial charge >= 0.3 is 0 Å². The molecule has 150 valence electrons. The zero-order valence-electron chi connectivity index (χ0n) is 17.1. The molecule has 2 fully saturated rings. The fraction of sp³-hybridized carbons (Fsp3) is 0.667. The van der Waals surface area contributed by atoms with Gasteiger partial charge in [-0.2, -0.15) is 0 Å². The van der Waals surface area contributed by atoms with Gasteiger partial charge in [0.1, 0.15) is 5.75 Å². The van der Waals surface area contributed by atoms with Crippen LogP contribution in [0.25, 0.3) is 0 Å². The standard InChI is InChI=1S/C21H35N5O/c1-4-25-13-8-7-9-18(25)15-23-21(22-2)24-17-12-14-26(16-17)19-10-5-6-11-20(19)27-3/h5-6,10-11,17-18H,4,7-9,12-16H2,1-3H3,(H2,22,23,24). The summed E-state index contributed by atoms with van der Waals surface area (Å²) < 4.78 is 5.52. The van der Waals surface area contributed by atoms with E-state index in [1.807, 2.05) is 19.2 Å². The lowest BCUT2D eigenvalue weighted by molar-refractivity contribution is 0.157. The molecule has 2 N–H and O–H groups in total. The van der Waals surface area contributed by atoms with Gasteiger partial charge in [-0.25, -0.2) is 0 Å². The van der Waals surface area contributed by atoms with Crippen LogP contribution in [0.4, 0.5) is 5.69 Å². The minimum absolute atomic E-state index is 0.398. The third-order valence-electron chi connectivity index (χ3n) is 5.84. The van der Waals surface area contributed by atoms with Gasteiger partial charge in [0.2, 0.25) is 0 Å². The van der Waals surface area contributed by atoms with Crippen LogP contribution >= 0.6 is 0 Å². The number of nitrogens with zero attached hydrogens (tertiary/aromatic N) is 3. The number of aliphatic imine (C=N–C) groups is 1. The minimum atomic E-state index is 0.398. The summed E-state index contributed by atoms with van der Waals surface area (Å²) >= 11 is 0. The number of hydrogen-bond donors (Lipinski definition) is 2. The number of benzene rings is 1. The number of hydrogen-bond acceptors (Lipinski definition) is 4. The molecule has 3 rings (SSSR count). The van der Waals surface area contributed by atoms with E-state index < -0.39 is 0 Å². The highest BCUT2D eigenvalue weighted by molar-refractivity contribution is 5.80. The summed E-state index contributed by atoms with van der Waals surface area (Å²) in [4.78, 5) is 9.43. The topological polar surface area (TPSA) is 52.1 Å². The summed E-state index contributed by atoms with van der Waals surface area (Å²) in [7, 11) is 3.60. The van der Waals surface area contributed by atoms with Crippen molar-refractivity contribution in [1.82, 2.24) is 15.5 Å². The maximum Gasteiger partial charge on any atom is 0.191 e. The first-order chi connectivity index (χ1) is 13.2. The Bertz CT molecular complexity index is 620. The van der Waals surface area contributed by atoms with Gasteiger partial charge in [0, 0.05) is 38.8 Å². The van der Waals surface area contributed by atoms with Gasteiger partial charge in [-0.1, -0.05) is 25.5 Å². The maximum atomic E-state index is 5.52. The molecule has 0 spiro atoms. The van der Waals surface area contributed by atoms with Crippen molar-refractivity contribution in [2.75, 3.05) is 51.8 Å². The number of methoxy groups -OCH3 is 1. The SMILES string of the molecule is CCN1CCCCC1CNC(=NC)NC1CCN(c2ccccc2OC)C1. The van der Waals surface area contributed by atoms with E-state index in [1.165, 1.54) is 31.5 Å². The average Bonchev–Trinajstić information content (AvgIpc) is 3.19. The number of piperidine rings is 1. The van der Waals surface area contributed by atoms with Gasteiger partial charge in [0.25, 0.3) is 0 Å². The number of likely N-dealkylation sites (N-methyl/N-ethyl adjacent to an activating group) is 1. The molecule has 0 radical (unpaired) electrons. The predicted molar refractivity (Wildman–Crippen MR) is 113 cm³/mol. The Morgan fingerprint density at radius 2 is 2.07 bits per heavy atom. The molecule has 1 aromatic carbocycles. The number of ether oxygens (including phenoxy) is 1. The predicted octanol–water partition coefficient (Wildman–Crippen LogP) is 2.31. The van der Waals surface area contributed by atoms with E-state index in [4.69, 9.17) is 4.74 Å². The van der Waals surface area contributed by atoms with E-state index in [0.29, 0.717) is 12.1 Å². The first-order valence-corrected chi connectivity index (χ1v) is 10.3. The second-order valence-corrected chi connectivity index (χ2v) is 7.48. The van der Waals surface area contributed by atoms with Crippen molar-refractivity contribution in [3.63, 3.8) is 0 Å². The largest absolute Gasteiger partial charge is 0.495 e. The molecule has 2 saturated heterocycles. The van der Waals surface area contributed by atoms with Crippen molar-refractivity contribution in [2.45, 2.75) is 44.7 Å². The zero-order chi connectivity index (χ0) is 19.1. The second kappa shape index (κ2) is 9.83. The Morgan fingerprint density at radius 1 is 1.22 bits per heavy atom. The van der Waals surface area contributed by atoms with Crippen LogP contribution in [0.15, 0.2) is 29.3 Å². The Kier molecular flexibility index (Phi) is 7.21. The highest BCUT2D eigenvalue weighted by Gasteiger charge is 2.26. The van der Waals surface area contributed by atoms with E-state index in [2.05, 4.69) is 44.5 Å². The summed E-state index contributed by atoms with van der Waals surface area (Å²) in [6.07, 6.45) is 5.05. The van der Waals surface area contributed by atoms with Crippen LogP contribution in [0, 0.1) is 0 Å². The molecule has 2 atom stereocenters. The van der Waals surface area contributed by atoms with E-state index in [1.54, 1.807) is 7.11 Å². The van der Waals surface area contributed by atoms with Crippen LogP contribution in [0.3, 0.4) is 0 Å². The first-order valence-electron chi connectivity index (χ1n) is 10.3. The molecular weight excluding hydrogens is 338 g/mol. The molecule has 0 aromatic heterocycles. The Morgan fingerprint density at radius 3 is 2.85 bits per heavy atom. The number of nitrogens with one attached hydrogen (secondary N) is 2. The quantitative estimate of drug-likeness (QED) is 0.592. The van der Waals surface area contributed by atoms with E-state index in [0.717, 1.165) is 44.3 Å². The van der Waals surface area contributed by atoms with E-state index >= 15 is 0 Å². The fourth-order valence-electron chi connectivity index (χ4n) is 4.30. The molecule has 2 unspecified atom stereocenters. The smallest absolute Gasteiger partial charge is 0.191 e.